The van der Waals surface area contributed by atoms with Crippen LogP contribution < -0.4 is 15.4 Å². The highest BCUT2D eigenvalue weighted by atomic mass is 35.5. The van der Waals surface area contributed by atoms with Crippen LogP contribution in [0.25, 0.3) is 0 Å². The molecule has 0 aromatic heterocycles. The highest BCUT2D eigenvalue weighted by Crippen LogP contribution is 2.32. The molecule has 1 aliphatic heterocycles. The van der Waals surface area contributed by atoms with Gasteiger partial charge in [0.15, 0.2) is 5.75 Å². The lowest BCUT2D eigenvalue weighted by Crippen LogP contribution is -2.42. The molecule has 4 rings (SSSR count). The topological polar surface area (TPSA) is 87.7 Å². The molecule has 4 amide bonds. The van der Waals surface area contributed by atoms with Crippen LogP contribution in [0, 0.1) is 0 Å². The highest BCUT2D eigenvalue weighted by molar-refractivity contribution is 6.31. The predicted octanol–water partition coefficient (Wildman–Crippen LogP) is 4.54. The van der Waals surface area contributed by atoms with Crippen molar-refractivity contribution in [3.8, 4) is 11.5 Å². The van der Waals surface area contributed by atoms with Gasteiger partial charge in [0.05, 0.1) is 5.69 Å². The van der Waals surface area contributed by atoms with Gasteiger partial charge in [-0.05, 0) is 42.8 Å². The van der Waals surface area contributed by atoms with Crippen LogP contribution in [0.1, 0.15) is 12.5 Å². The van der Waals surface area contributed by atoms with Crippen LogP contribution in [0.3, 0.4) is 0 Å². The second-order valence-corrected chi connectivity index (χ2v) is 7.85. The number of benzene rings is 3. The molecule has 1 aliphatic rings. The number of carbonyl (C=O) groups excluding carboxylic acids is 3. The summed E-state index contributed by atoms with van der Waals surface area (Å²) in [4.78, 5) is 39.1. The SMILES string of the molecule is CC1(c2ccccc2)NC(=O)N(CC(=O)Nc2cc(Cl)ccc2Oc2ccccc2)C1=O. The van der Waals surface area contributed by atoms with Crippen LogP contribution in [0.4, 0.5) is 10.5 Å². The Balaban J connectivity index is 1.50. The summed E-state index contributed by atoms with van der Waals surface area (Å²) >= 11 is 6.09. The molecule has 162 valence electrons. The number of hydrogen-bond acceptors (Lipinski definition) is 4. The summed E-state index contributed by atoms with van der Waals surface area (Å²) in [5, 5.41) is 5.76. The minimum atomic E-state index is -1.24. The lowest BCUT2D eigenvalue weighted by molar-refractivity contribution is -0.133. The average Bonchev–Trinajstić information content (AvgIpc) is 3.01. The molecule has 3 aromatic rings. The van der Waals surface area contributed by atoms with E-state index in [0.29, 0.717) is 27.8 Å². The number of imide groups is 1. The van der Waals surface area contributed by atoms with Gasteiger partial charge < -0.3 is 15.4 Å². The number of ether oxygens (including phenoxy) is 1. The lowest BCUT2D eigenvalue weighted by Gasteiger charge is -2.22. The van der Waals surface area contributed by atoms with Crippen molar-refractivity contribution in [2.75, 3.05) is 11.9 Å². The monoisotopic (exact) mass is 449 g/mol. The fourth-order valence-electron chi connectivity index (χ4n) is 3.45. The maximum atomic E-state index is 13.0. The van der Waals surface area contributed by atoms with Crippen LogP contribution in [0.2, 0.25) is 5.02 Å². The van der Waals surface area contributed by atoms with E-state index in [9.17, 15) is 14.4 Å². The first-order valence-electron chi connectivity index (χ1n) is 9.89. The maximum Gasteiger partial charge on any atom is 0.325 e. The highest BCUT2D eigenvalue weighted by Gasteiger charge is 2.49. The van der Waals surface area contributed by atoms with Gasteiger partial charge in [-0.25, -0.2) is 4.79 Å². The number of halogens is 1. The van der Waals surface area contributed by atoms with E-state index < -0.39 is 29.9 Å². The summed E-state index contributed by atoms with van der Waals surface area (Å²) < 4.78 is 5.84. The molecule has 0 spiro atoms. The van der Waals surface area contributed by atoms with Crippen LogP contribution >= 0.6 is 11.6 Å². The van der Waals surface area contributed by atoms with Crippen LogP contribution in [-0.2, 0) is 15.1 Å². The largest absolute Gasteiger partial charge is 0.455 e. The van der Waals surface area contributed by atoms with E-state index in [0.717, 1.165) is 4.90 Å². The molecule has 1 atom stereocenters. The summed E-state index contributed by atoms with van der Waals surface area (Å²) in [6, 6.07) is 22.1. The van der Waals surface area contributed by atoms with Gasteiger partial charge in [0, 0.05) is 5.02 Å². The van der Waals surface area contributed by atoms with Gasteiger partial charge >= 0.3 is 6.03 Å². The number of carbonyl (C=O) groups is 3. The third kappa shape index (κ3) is 4.29. The number of nitrogens with one attached hydrogen (secondary N) is 2. The van der Waals surface area contributed by atoms with Crippen LogP contribution in [0.15, 0.2) is 78.9 Å². The van der Waals surface area contributed by atoms with Crippen molar-refractivity contribution in [1.82, 2.24) is 10.2 Å². The number of nitrogens with zero attached hydrogens (tertiary/aromatic N) is 1. The fraction of sp³-hybridized carbons (Fsp3) is 0.125. The van der Waals surface area contributed by atoms with Gasteiger partial charge in [0.25, 0.3) is 5.91 Å². The number of anilines is 1. The lowest BCUT2D eigenvalue weighted by atomic mass is 9.92. The molecule has 0 saturated carbocycles. The Hall–Kier alpha value is -3.84. The van der Waals surface area contributed by atoms with E-state index in [-0.39, 0.29) is 0 Å². The number of hydrogen-bond donors (Lipinski definition) is 2. The zero-order valence-electron chi connectivity index (χ0n) is 17.2. The third-order valence-electron chi connectivity index (χ3n) is 5.11. The molecule has 1 unspecified atom stereocenters. The minimum Gasteiger partial charge on any atom is -0.455 e. The van der Waals surface area contributed by atoms with Crippen molar-refractivity contribution in [3.63, 3.8) is 0 Å². The molecule has 1 saturated heterocycles. The van der Waals surface area contributed by atoms with Crippen molar-refractivity contribution in [2.45, 2.75) is 12.5 Å². The van der Waals surface area contributed by atoms with Gasteiger partial charge in [0.2, 0.25) is 5.91 Å². The Kier molecular flexibility index (Phi) is 5.83. The molecule has 2 N–H and O–H groups in total. The van der Waals surface area contributed by atoms with Crippen LogP contribution in [-0.4, -0.2) is 29.3 Å². The normalized spacial score (nSPS) is 17.8. The first kappa shape index (κ1) is 21.4. The van der Waals surface area contributed by atoms with E-state index in [1.807, 2.05) is 24.3 Å². The molecule has 3 aromatic carbocycles. The van der Waals surface area contributed by atoms with Crippen molar-refractivity contribution in [1.29, 1.82) is 0 Å². The summed E-state index contributed by atoms with van der Waals surface area (Å²) in [6.07, 6.45) is 0. The second kappa shape index (κ2) is 8.72. The molecule has 7 nitrogen and oxygen atoms in total. The standard InChI is InChI=1S/C24H20ClN3O4/c1-24(16-8-4-2-5-9-16)22(30)28(23(31)27-24)15-21(29)26-19-14-17(25)12-13-20(19)32-18-10-6-3-7-11-18/h2-14H,15H2,1H3,(H,26,29)(H,27,31). The summed E-state index contributed by atoms with van der Waals surface area (Å²) in [7, 11) is 0. The average molecular weight is 450 g/mol. The smallest absolute Gasteiger partial charge is 0.325 e. The first-order valence-corrected chi connectivity index (χ1v) is 10.3. The quantitative estimate of drug-likeness (QED) is 0.541. The maximum absolute atomic E-state index is 13.0. The van der Waals surface area contributed by atoms with Gasteiger partial charge in [-0.1, -0.05) is 60.1 Å². The Bertz CT molecular complexity index is 1170. The molecule has 0 bridgehead atoms. The molecule has 1 heterocycles. The first-order chi connectivity index (χ1) is 15.4. The molecule has 32 heavy (non-hydrogen) atoms. The number of amides is 4. The zero-order chi connectivity index (χ0) is 22.7. The Morgan fingerprint density at radius 1 is 1.03 bits per heavy atom. The van der Waals surface area contributed by atoms with Crippen molar-refractivity contribution >= 4 is 35.1 Å². The van der Waals surface area contributed by atoms with Gasteiger partial charge in [0.1, 0.15) is 17.8 Å². The molecule has 1 fully saturated rings. The fourth-order valence-corrected chi connectivity index (χ4v) is 3.62. The van der Waals surface area contributed by atoms with Crippen molar-refractivity contribution < 1.29 is 19.1 Å². The van der Waals surface area contributed by atoms with Crippen molar-refractivity contribution in [3.05, 3.63) is 89.4 Å². The van der Waals surface area contributed by atoms with Gasteiger partial charge in [-0.3, -0.25) is 14.5 Å². The molecular formula is C24H20ClN3O4. The molecule has 0 aliphatic carbocycles. The summed E-state index contributed by atoms with van der Waals surface area (Å²) in [5.74, 6) is -0.111. The van der Waals surface area contributed by atoms with E-state index in [4.69, 9.17) is 16.3 Å². The van der Waals surface area contributed by atoms with Gasteiger partial charge in [-0.15, -0.1) is 0 Å². The van der Waals surface area contributed by atoms with Crippen molar-refractivity contribution in [2.24, 2.45) is 0 Å². The van der Waals surface area contributed by atoms with Gasteiger partial charge in [-0.2, -0.15) is 0 Å². The van der Waals surface area contributed by atoms with Crippen LogP contribution in [0.5, 0.6) is 11.5 Å². The summed E-state index contributed by atoms with van der Waals surface area (Å²) in [5.41, 5.74) is -0.283. The number of para-hydroxylation sites is 1. The minimum absolute atomic E-state index is 0.323. The number of urea groups is 1. The Morgan fingerprint density at radius 3 is 2.38 bits per heavy atom. The third-order valence-corrected chi connectivity index (χ3v) is 5.35. The molecule has 0 radical (unpaired) electrons. The van der Waals surface area contributed by atoms with E-state index in [2.05, 4.69) is 10.6 Å². The zero-order valence-corrected chi connectivity index (χ0v) is 17.9. The molecule has 8 heteroatoms. The Morgan fingerprint density at radius 2 is 1.69 bits per heavy atom. The predicted molar refractivity (Wildman–Crippen MR) is 121 cm³/mol. The summed E-state index contributed by atoms with van der Waals surface area (Å²) in [6.45, 7) is 1.16. The van der Waals surface area contributed by atoms with E-state index in [1.165, 1.54) is 6.07 Å². The van der Waals surface area contributed by atoms with E-state index >= 15 is 0 Å². The molecular weight excluding hydrogens is 430 g/mol. The van der Waals surface area contributed by atoms with E-state index in [1.54, 1.807) is 55.5 Å². The second-order valence-electron chi connectivity index (χ2n) is 7.42. The Labute approximate surface area is 189 Å². The number of rotatable bonds is 6.